The van der Waals surface area contributed by atoms with E-state index in [0.717, 1.165) is 24.2 Å². The Labute approximate surface area is 119 Å². The van der Waals surface area contributed by atoms with Crippen LogP contribution in [0.4, 0.5) is 0 Å². The van der Waals surface area contributed by atoms with E-state index in [1.807, 2.05) is 0 Å². The van der Waals surface area contributed by atoms with Crippen LogP contribution in [-0.4, -0.2) is 13.2 Å². The Balaban J connectivity index is 2.46. The monoisotopic (exact) mass is 313 g/mol. The number of hydrogen-bond donors (Lipinski definition) is 1. The highest BCUT2D eigenvalue weighted by Crippen LogP contribution is 2.19. The molecule has 18 heavy (non-hydrogen) atoms. The van der Waals surface area contributed by atoms with Gasteiger partial charge in [0, 0.05) is 17.6 Å². The molecule has 0 saturated heterocycles. The van der Waals surface area contributed by atoms with Crippen molar-refractivity contribution < 1.29 is 4.74 Å². The molecule has 3 heteroatoms. The van der Waals surface area contributed by atoms with Gasteiger partial charge in [0.2, 0.25) is 0 Å². The zero-order chi connectivity index (χ0) is 13.4. The molecule has 2 nitrogen and oxygen atoms in total. The highest BCUT2D eigenvalue weighted by atomic mass is 79.9. The number of ether oxygens (including phenoxy) is 1. The van der Waals surface area contributed by atoms with E-state index < -0.39 is 0 Å². The Hall–Kier alpha value is -0.380. The molecule has 0 radical (unpaired) electrons. The first-order valence-corrected chi connectivity index (χ1v) is 7.48. The Kier molecular flexibility index (Phi) is 7.56. The minimum absolute atomic E-state index is 0.585. The number of hydrogen-bond acceptors (Lipinski definition) is 2. The van der Waals surface area contributed by atoms with Gasteiger partial charge < -0.3 is 10.1 Å². The van der Waals surface area contributed by atoms with Crippen molar-refractivity contribution in [2.24, 2.45) is 5.92 Å². The molecule has 0 aliphatic heterocycles. The van der Waals surface area contributed by atoms with Gasteiger partial charge in [-0.1, -0.05) is 48.8 Å². The van der Waals surface area contributed by atoms with E-state index in [-0.39, 0.29) is 0 Å². The Morgan fingerprint density at radius 2 is 2.11 bits per heavy atom. The van der Waals surface area contributed by atoms with Crippen LogP contribution < -0.4 is 5.32 Å². The number of nitrogens with one attached hydrogen (secondary N) is 1. The smallest absolute Gasteiger partial charge is 0.0727 e. The van der Waals surface area contributed by atoms with Gasteiger partial charge in [-0.25, -0.2) is 0 Å². The molecule has 1 N–H and O–H groups in total. The van der Waals surface area contributed by atoms with Crippen LogP contribution in [-0.2, 0) is 17.9 Å². The topological polar surface area (TPSA) is 21.3 Å². The van der Waals surface area contributed by atoms with Crippen LogP contribution in [0, 0.1) is 5.92 Å². The van der Waals surface area contributed by atoms with Crippen molar-refractivity contribution in [2.75, 3.05) is 13.2 Å². The molecule has 1 aromatic rings. The predicted octanol–water partition coefficient (Wildman–Crippen LogP) is 4.12. The zero-order valence-corrected chi connectivity index (χ0v) is 13.2. The third-order valence-corrected chi connectivity index (χ3v) is 3.32. The average molecular weight is 314 g/mol. The minimum atomic E-state index is 0.585. The molecule has 1 rings (SSSR count). The van der Waals surface area contributed by atoms with Gasteiger partial charge in [0.05, 0.1) is 6.61 Å². The van der Waals surface area contributed by atoms with Crippen molar-refractivity contribution >= 4 is 15.9 Å². The van der Waals surface area contributed by atoms with Crippen LogP contribution in [0.3, 0.4) is 0 Å². The molecule has 0 atom stereocenters. The van der Waals surface area contributed by atoms with Crippen LogP contribution >= 0.6 is 15.9 Å². The molecule has 0 unspecified atom stereocenters. The molecule has 0 aliphatic rings. The lowest BCUT2D eigenvalue weighted by atomic mass is 10.1. The molecule has 0 amide bonds. The van der Waals surface area contributed by atoms with Gasteiger partial charge in [-0.05, 0) is 36.1 Å². The second-order valence-corrected chi connectivity index (χ2v) is 5.87. The molecule has 0 fully saturated rings. The summed E-state index contributed by atoms with van der Waals surface area (Å²) in [4.78, 5) is 0. The van der Waals surface area contributed by atoms with E-state index in [1.54, 1.807) is 0 Å². The maximum Gasteiger partial charge on any atom is 0.0727 e. The van der Waals surface area contributed by atoms with E-state index in [9.17, 15) is 0 Å². The molecule has 102 valence electrons. The summed E-state index contributed by atoms with van der Waals surface area (Å²) in [7, 11) is 0. The van der Waals surface area contributed by atoms with Crippen molar-refractivity contribution in [1.82, 2.24) is 5.32 Å². The lowest BCUT2D eigenvalue weighted by Gasteiger charge is -2.10. The number of rotatable bonds is 8. The van der Waals surface area contributed by atoms with Gasteiger partial charge in [-0.3, -0.25) is 0 Å². The summed E-state index contributed by atoms with van der Waals surface area (Å²) in [6.07, 6.45) is 1.17. The standard InChI is InChI=1S/C15H24BrNO/c1-4-7-17-9-13-5-6-14(15(16)8-13)11-18-10-12(2)3/h5-6,8,12,17H,4,7,9-11H2,1-3H3. The molecular weight excluding hydrogens is 290 g/mol. The van der Waals surface area contributed by atoms with Crippen LogP contribution in [0.25, 0.3) is 0 Å². The number of halogens is 1. The highest BCUT2D eigenvalue weighted by Gasteiger charge is 2.03. The van der Waals surface area contributed by atoms with Gasteiger partial charge in [-0.15, -0.1) is 0 Å². The second kappa shape index (κ2) is 8.68. The first-order chi connectivity index (χ1) is 8.63. The normalized spacial score (nSPS) is 11.2. The molecule has 0 saturated carbocycles. The van der Waals surface area contributed by atoms with Crippen molar-refractivity contribution in [3.05, 3.63) is 33.8 Å². The summed E-state index contributed by atoms with van der Waals surface area (Å²) in [5.41, 5.74) is 2.53. The van der Waals surface area contributed by atoms with Gasteiger partial charge in [0.15, 0.2) is 0 Å². The van der Waals surface area contributed by atoms with Crippen molar-refractivity contribution in [2.45, 2.75) is 40.3 Å². The van der Waals surface area contributed by atoms with E-state index in [4.69, 9.17) is 4.74 Å². The lowest BCUT2D eigenvalue weighted by Crippen LogP contribution is -2.13. The summed E-state index contributed by atoms with van der Waals surface area (Å²) in [6.45, 7) is 10.00. The van der Waals surface area contributed by atoms with Crippen LogP contribution in [0.1, 0.15) is 38.3 Å². The molecule has 0 bridgehead atoms. The van der Waals surface area contributed by atoms with E-state index in [1.165, 1.54) is 17.5 Å². The van der Waals surface area contributed by atoms with E-state index >= 15 is 0 Å². The van der Waals surface area contributed by atoms with Crippen molar-refractivity contribution in [3.63, 3.8) is 0 Å². The van der Waals surface area contributed by atoms with E-state index in [2.05, 4.69) is 60.2 Å². The maximum atomic E-state index is 5.65. The second-order valence-electron chi connectivity index (χ2n) is 5.01. The average Bonchev–Trinajstić information content (AvgIpc) is 2.32. The summed E-state index contributed by atoms with van der Waals surface area (Å²) < 4.78 is 6.80. The largest absolute Gasteiger partial charge is 0.376 e. The summed E-state index contributed by atoms with van der Waals surface area (Å²) >= 11 is 3.62. The Bertz CT molecular complexity index is 352. The third-order valence-electron chi connectivity index (χ3n) is 2.58. The molecule has 0 aliphatic carbocycles. The highest BCUT2D eigenvalue weighted by molar-refractivity contribution is 9.10. The van der Waals surface area contributed by atoms with Crippen LogP contribution in [0.5, 0.6) is 0 Å². The fraction of sp³-hybridized carbons (Fsp3) is 0.600. The van der Waals surface area contributed by atoms with Crippen LogP contribution in [0.15, 0.2) is 22.7 Å². The molecule has 0 spiro atoms. The first kappa shape index (κ1) is 15.7. The van der Waals surface area contributed by atoms with Crippen LogP contribution in [0.2, 0.25) is 0 Å². The fourth-order valence-corrected chi connectivity index (χ4v) is 2.17. The zero-order valence-electron chi connectivity index (χ0n) is 11.6. The van der Waals surface area contributed by atoms with Gasteiger partial charge >= 0.3 is 0 Å². The lowest BCUT2D eigenvalue weighted by molar-refractivity contribution is 0.0967. The first-order valence-electron chi connectivity index (χ1n) is 6.69. The maximum absolute atomic E-state index is 5.65. The van der Waals surface area contributed by atoms with Crippen molar-refractivity contribution in [1.29, 1.82) is 0 Å². The minimum Gasteiger partial charge on any atom is -0.376 e. The Morgan fingerprint density at radius 3 is 2.72 bits per heavy atom. The van der Waals surface area contributed by atoms with Crippen molar-refractivity contribution in [3.8, 4) is 0 Å². The summed E-state index contributed by atoms with van der Waals surface area (Å²) in [5, 5.41) is 3.40. The van der Waals surface area contributed by atoms with Gasteiger partial charge in [0.1, 0.15) is 0 Å². The van der Waals surface area contributed by atoms with E-state index in [0.29, 0.717) is 12.5 Å². The van der Waals surface area contributed by atoms with Gasteiger partial charge in [0.25, 0.3) is 0 Å². The van der Waals surface area contributed by atoms with Gasteiger partial charge in [-0.2, -0.15) is 0 Å². The third kappa shape index (κ3) is 5.98. The number of benzene rings is 1. The predicted molar refractivity (Wildman–Crippen MR) is 80.6 cm³/mol. The molecular formula is C15H24BrNO. The molecule has 0 heterocycles. The molecule has 0 aromatic heterocycles. The quantitative estimate of drug-likeness (QED) is 0.729. The summed E-state index contributed by atoms with van der Waals surface area (Å²) in [5.74, 6) is 0.585. The molecule has 1 aromatic carbocycles. The Morgan fingerprint density at radius 1 is 1.33 bits per heavy atom. The fourth-order valence-electron chi connectivity index (χ4n) is 1.63. The SMILES string of the molecule is CCCNCc1ccc(COCC(C)C)c(Br)c1. The summed E-state index contributed by atoms with van der Waals surface area (Å²) in [6, 6.07) is 6.49.